The number of nitrogens with one attached hydrogen (secondary N) is 1. The lowest BCUT2D eigenvalue weighted by atomic mass is 10.1. The lowest BCUT2D eigenvalue weighted by molar-refractivity contribution is 0.352. The molecule has 1 fully saturated rings. The Balaban J connectivity index is 1.58. The highest BCUT2D eigenvalue weighted by Crippen LogP contribution is 2.20. The Morgan fingerprint density at radius 1 is 1.05 bits per heavy atom. The number of anilines is 1. The minimum atomic E-state index is 0.853. The van der Waals surface area contributed by atoms with Gasteiger partial charge in [-0.15, -0.1) is 10.2 Å². The Labute approximate surface area is 126 Å². The first-order valence-electron chi connectivity index (χ1n) is 7.69. The average Bonchev–Trinajstić information content (AvgIpc) is 3.02. The van der Waals surface area contributed by atoms with Crippen molar-refractivity contribution in [2.45, 2.75) is 19.8 Å². The average molecular weight is 282 g/mol. The Morgan fingerprint density at radius 3 is 2.57 bits per heavy atom. The number of hydrogen-bond acceptors (Lipinski definition) is 4. The van der Waals surface area contributed by atoms with E-state index in [2.05, 4.69) is 39.5 Å². The maximum absolute atomic E-state index is 4.33. The lowest BCUT2D eigenvalue weighted by Crippen LogP contribution is -2.26. The third-order valence-corrected chi connectivity index (χ3v) is 4.02. The minimum Gasteiger partial charge on any atom is -0.367 e. The van der Waals surface area contributed by atoms with Crippen LogP contribution in [0.3, 0.4) is 0 Å². The van der Waals surface area contributed by atoms with Gasteiger partial charge < -0.3 is 10.2 Å². The molecule has 1 aliphatic heterocycles. The van der Waals surface area contributed by atoms with E-state index < -0.39 is 0 Å². The first-order valence-corrected chi connectivity index (χ1v) is 7.69. The molecule has 0 spiro atoms. The molecule has 0 bridgehead atoms. The maximum atomic E-state index is 4.33. The number of benzene rings is 1. The second-order valence-corrected chi connectivity index (χ2v) is 5.59. The zero-order valence-electron chi connectivity index (χ0n) is 12.5. The summed E-state index contributed by atoms with van der Waals surface area (Å²) >= 11 is 0. The van der Waals surface area contributed by atoms with Gasteiger partial charge in [-0.1, -0.05) is 24.3 Å². The molecule has 0 atom stereocenters. The van der Waals surface area contributed by atoms with Gasteiger partial charge in [0.2, 0.25) is 0 Å². The zero-order chi connectivity index (χ0) is 14.5. The van der Waals surface area contributed by atoms with Gasteiger partial charge in [0.25, 0.3) is 0 Å². The summed E-state index contributed by atoms with van der Waals surface area (Å²) in [4.78, 5) is 2.49. The fourth-order valence-corrected chi connectivity index (χ4v) is 2.78. The normalized spacial score (nSPS) is 15.3. The Kier molecular flexibility index (Phi) is 4.46. The molecule has 0 aliphatic carbocycles. The van der Waals surface area contributed by atoms with Gasteiger partial charge in [0, 0.05) is 18.7 Å². The van der Waals surface area contributed by atoms with Crippen LogP contribution in [0.5, 0.6) is 0 Å². The van der Waals surface area contributed by atoms with Gasteiger partial charge in [-0.3, -0.25) is 0 Å². The second-order valence-electron chi connectivity index (χ2n) is 5.59. The molecular formula is C17H22N4. The smallest absolute Gasteiger partial charge is 0.148 e. The quantitative estimate of drug-likeness (QED) is 0.915. The van der Waals surface area contributed by atoms with Crippen molar-refractivity contribution in [2.75, 3.05) is 31.5 Å². The van der Waals surface area contributed by atoms with Crippen molar-refractivity contribution in [3.63, 3.8) is 0 Å². The summed E-state index contributed by atoms with van der Waals surface area (Å²) in [6.45, 7) is 6.58. The molecule has 4 nitrogen and oxygen atoms in total. The lowest BCUT2D eigenvalue weighted by Gasteiger charge is -2.14. The Bertz CT molecular complexity index is 574. The van der Waals surface area contributed by atoms with Crippen molar-refractivity contribution in [2.24, 2.45) is 0 Å². The molecule has 21 heavy (non-hydrogen) atoms. The van der Waals surface area contributed by atoms with Gasteiger partial charge in [-0.2, -0.15) is 0 Å². The van der Waals surface area contributed by atoms with Crippen LogP contribution < -0.4 is 5.32 Å². The molecule has 1 saturated heterocycles. The highest BCUT2D eigenvalue weighted by Gasteiger charge is 2.10. The standard InChI is InChI=1S/C17H22N4/c1-14-6-2-3-7-15(14)16-8-9-17(20-19-16)18-10-13-21-11-4-5-12-21/h2-3,6-9H,4-5,10-13H2,1H3,(H,18,20). The van der Waals surface area contributed by atoms with E-state index in [1.807, 2.05) is 24.3 Å². The van der Waals surface area contributed by atoms with Gasteiger partial charge >= 0.3 is 0 Å². The number of aromatic nitrogens is 2. The first kappa shape index (κ1) is 14.0. The summed E-state index contributed by atoms with van der Waals surface area (Å²) in [6.07, 6.45) is 2.68. The van der Waals surface area contributed by atoms with Crippen LogP contribution in [0, 0.1) is 6.92 Å². The molecule has 0 unspecified atom stereocenters. The summed E-state index contributed by atoms with van der Waals surface area (Å²) in [7, 11) is 0. The van der Waals surface area contributed by atoms with Gasteiger partial charge in [0.05, 0.1) is 5.69 Å². The molecule has 0 saturated carbocycles. The second kappa shape index (κ2) is 6.68. The first-order chi connectivity index (χ1) is 10.3. The van der Waals surface area contributed by atoms with Crippen LogP contribution >= 0.6 is 0 Å². The molecule has 2 aromatic rings. The molecule has 2 heterocycles. The summed E-state index contributed by atoms with van der Waals surface area (Å²) in [5, 5.41) is 12.0. The highest BCUT2D eigenvalue weighted by atomic mass is 15.2. The van der Waals surface area contributed by atoms with Gasteiger partial charge in [0.1, 0.15) is 5.82 Å². The summed E-state index contributed by atoms with van der Waals surface area (Å²) in [6, 6.07) is 12.3. The molecule has 3 rings (SSSR count). The van der Waals surface area contributed by atoms with E-state index in [0.29, 0.717) is 0 Å². The molecule has 1 aromatic carbocycles. The van der Waals surface area contributed by atoms with E-state index in [1.165, 1.54) is 31.5 Å². The predicted octanol–water partition coefficient (Wildman–Crippen LogP) is 2.96. The van der Waals surface area contributed by atoms with Gasteiger partial charge in [-0.25, -0.2) is 0 Å². The van der Waals surface area contributed by atoms with Crippen LogP contribution in [0.25, 0.3) is 11.3 Å². The van der Waals surface area contributed by atoms with E-state index >= 15 is 0 Å². The predicted molar refractivity (Wildman–Crippen MR) is 86.4 cm³/mol. The molecule has 1 aromatic heterocycles. The fraction of sp³-hybridized carbons (Fsp3) is 0.412. The van der Waals surface area contributed by atoms with Crippen molar-refractivity contribution in [3.05, 3.63) is 42.0 Å². The van der Waals surface area contributed by atoms with Gasteiger partial charge in [0.15, 0.2) is 0 Å². The molecule has 1 N–H and O–H groups in total. The largest absolute Gasteiger partial charge is 0.367 e. The third-order valence-electron chi connectivity index (χ3n) is 4.02. The zero-order valence-corrected chi connectivity index (χ0v) is 12.5. The summed E-state index contributed by atoms with van der Waals surface area (Å²) in [5.74, 6) is 0.853. The SMILES string of the molecule is Cc1ccccc1-c1ccc(NCCN2CCCC2)nn1. The Morgan fingerprint density at radius 2 is 1.86 bits per heavy atom. The number of hydrogen-bond donors (Lipinski definition) is 1. The summed E-state index contributed by atoms with van der Waals surface area (Å²) < 4.78 is 0. The van der Waals surface area contributed by atoms with Crippen LogP contribution in [-0.2, 0) is 0 Å². The molecular weight excluding hydrogens is 260 g/mol. The maximum Gasteiger partial charge on any atom is 0.148 e. The summed E-state index contributed by atoms with van der Waals surface area (Å²) in [5.41, 5.74) is 3.30. The fourth-order valence-electron chi connectivity index (χ4n) is 2.78. The monoisotopic (exact) mass is 282 g/mol. The van der Waals surface area contributed by atoms with E-state index in [1.54, 1.807) is 0 Å². The molecule has 4 heteroatoms. The third kappa shape index (κ3) is 3.58. The number of nitrogens with zero attached hydrogens (tertiary/aromatic N) is 3. The van der Waals surface area contributed by atoms with Crippen LogP contribution in [0.4, 0.5) is 5.82 Å². The van der Waals surface area contributed by atoms with Crippen LogP contribution in [0.15, 0.2) is 36.4 Å². The topological polar surface area (TPSA) is 41.0 Å². The van der Waals surface area contributed by atoms with Crippen molar-refractivity contribution < 1.29 is 0 Å². The van der Waals surface area contributed by atoms with E-state index in [0.717, 1.165) is 30.2 Å². The van der Waals surface area contributed by atoms with E-state index in [4.69, 9.17) is 0 Å². The van der Waals surface area contributed by atoms with E-state index in [9.17, 15) is 0 Å². The van der Waals surface area contributed by atoms with Crippen LogP contribution in [-0.4, -0.2) is 41.3 Å². The minimum absolute atomic E-state index is 0.853. The van der Waals surface area contributed by atoms with Crippen molar-refractivity contribution in [3.8, 4) is 11.3 Å². The van der Waals surface area contributed by atoms with Crippen LogP contribution in [0.2, 0.25) is 0 Å². The van der Waals surface area contributed by atoms with Crippen molar-refractivity contribution in [1.29, 1.82) is 0 Å². The van der Waals surface area contributed by atoms with E-state index in [-0.39, 0.29) is 0 Å². The van der Waals surface area contributed by atoms with Crippen molar-refractivity contribution in [1.82, 2.24) is 15.1 Å². The van der Waals surface area contributed by atoms with Crippen LogP contribution in [0.1, 0.15) is 18.4 Å². The molecule has 0 amide bonds. The van der Waals surface area contributed by atoms with Gasteiger partial charge in [-0.05, 0) is 50.6 Å². The number of likely N-dealkylation sites (tertiary alicyclic amines) is 1. The number of rotatable bonds is 5. The highest BCUT2D eigenvalue weighted by molar-refractivity contribution is 5.63. The van der Waals surface area contributed by atoms with Crippen molar-refractivity contribution >= 4 is 5.82 Å². The Hall–Kier alpha value is -1.94. The molecule has 110 valence electrons. The molecule has 1 aliphatic rings. The number of aryl methyl sites for hydroxylation is 1. The molecule has 0 radical (unpaired) electrons.